The Morgan fingerprint density at radius 3 is 2.22 bits per heavy atom. The number of allylic oxidation sites excluding steroid dienone is 1. The lowest BCUT2D eigenvalue weighted by atomic mass is 10.1. The summed E-state index contributed by atoms with van der Waals surface area (Å²) in [5.74, 6) is -0.274. The maximum Gasteiger partial charge on any atom is 0.261 e. The third kappa shape index (κ3) is 4.51. The Labute approximate surface area is 159 Å². The Kier molecular flexibility index (Phi) is 5.52. The summed E-state index contributed by atoms with van der Waals surface area (Å²) in [5, 5.41) is 0. The van der Waals surface area contributed by atoms with Crippen LogP contribution in [-0.2, 0) is 10.0 Å². The molecule has 0 heterocycles. The summed E-state index contributed by atoms with van der Waals surface area (Å²) >= 11 is 0. The fraction of sp³-hybridized carbons (Fsp3) is 0.0455. The standard InChI is InChI=1S/C22H19NO3S/c1-17-9-5-6-10-18(17)15-16-22(24)20-13-7-8-14-21(20)23-27(25,26)19-11-3-2-4-12-19/h2-16,23H,1H3. The van der Waals surface area contributed by atoms with Gasteiger partial charge in [0.25, 0.3) is 10.0 Å². The molecular formula is C22H19NO3S. The first kappa shape index (κ1) is 18.6. The predicted molar refractivity (Wildman–Crippen MR) is 108 cm³/mol. The quantitative estimate of drug-likeness (QED) is 0.501. The van der Waals surface area contributed by atoms with Crippen LogP contribution in [0.25, 0.3) is 6.08 Å². The van der Waals surface area contributed by atoms with E-state index >= 15 is 0 Å². The Morgan fingerprint density at radius 2 is 1.48 bits per heavy atom. The van der Waals surface area contributed by atoms with Crippen molar-refractivity contribution in [2.24, 2.45) is 0 Å². The zero-order valence-corrected chi connectivity index (χ0v) is 15.6. The highest BCUT2D eigenvalue weighted by molar-refractivity contribution is 7.92. The molecule has 0 unspecified atom stereocenters. The van der Waals surface area contributed by atoms with Gasteiger partial charge in [-0.25, -0.2) is 8.42 Å². The number of carbonyl (C=O) groups is 1. The fourth-order valence-electron chi connectivity index (χ4n) is 2.62. The highest BCUT2D eigenvalue weighted by atomic mass is 32.2. The molecule has 3 rings (SSSR count). The van der Waals surface area contributed by atoms with Gasteiger partial charge in [-0.3, -0.25) is 9.52 Å². The van der Waals surface area contributed by atoms with Crippen molar-refractivity contribution in [1.82, 2.24) is 0 Å². The molecule has 0 atom stereocenters. The van der Waals surface area contributed by atoms with E-state index in [0.717, 1.165) is 11.1 Å². The van der Waals surface area contributed by atoms with E-state index in [1.807, 2.05) is 31.2 Å². The molecule has 0 fully saturated rings. The van der Waals surface area contributed by atoms with Gasteiger partial charge in [0, 0.05) is 5.56 Å². The van der Waals surface area contributed by atoms with Gasteiger partial charge in [0.1, 0.15) is 0 Å². The zero-order valence-electron chi connectivity index (χ0n) is 14.8. The first-order chi connectivity index (χ1) is 13.0. The first-order valence-corrected chi connectivity index (χ1v) is 9.90. The van der Waals surface area contributed by atoms with Crippen LogP contribution in [0.4, 0.5) is 5.69 Å². The van der Waals surface area contributed by atoms with Crippen LogP contribution in [-0.4, -0.2) is 14.2 Å². The van der Waals surface area contributed by atoms with Gasteiger partial charge in [-0.05, 0) is 48.4 Å². The van der Waals surface area contributed by atoms with Gasteiger partial charge in [0.15, 0.2) is 5.78 Å². The minimum absolute atomic E-state index is 0.141. The van der Waals surface area contributed by atoms with Crippen molar-refractivity contribution in [2.45, 2.75) is 11.8 Å². The summed E-state index contributed by atoms with van der Waals surface area (Å²) in [6.45, 7) is 1.96. The minimum atomic E-state index is -3.77. The van der Waals surface area contributed by atoms with Crippen molar-refractivity contribution in [3.63, 3.8) is 0 Å². The molecule has 1 N–H and O–H groups in total. The second-order valence-electron chi connectivity index (χ2n) is 6.02. The third-order valence-electron chi connectivity index (χ3n) is 4.09. The molecular weight excluding hydrogens is 358 g/mol. The lowest BCUT2D eigenvalue weighted by molar-refractivity contribution is 0.104. The minimum Gasteiger partial charge on any atom is -0.289 e. The van der Waals surface area contributed by atoms with Gasteiger partial charge in [-0.15, -0.1) is 0 Å². The molecule has 0 saturated carbocycles. The first-order valence-electron chi connectivity index (χ1n) is 8.42. The molecule has 3 aromatic carbocycles. The van der Waals surface area contributed by atoms with Gasteiger partial charge in [0.2, 0.25) is 0 Å². The molecule has 0 saturated heterocycles. The van der Waals surface area contributed by atoms with Gasteiger partial charge in [0.05, 0.1) is 10.6 Å². The fourth-order valence-corrected chi connectivity index (χ4v) is 3.72. The van der Waals surface area contributed by atoms with Gasteiger partial charge >= 0.3 is 0 Å². The summed E-state index contributed by atoms with van der Waals surface area (Å²) in [6.07, 6.45) is 3.19. The van der Waals surface area contributed by atoms with Crippen molar-refractivity contribution in [3.05, 3.63) is 102 Å². The van der Waals surface area contributed by atoms with Crippen molar-refractivity contribution in [1.29, 1.82) is 0 Å². The summed E-state index contributed by atoms with van der Waals surface area (Å²) in [4.78, 5) is 12.8. The van der Waals surface area contributed by atoms with Crippen molar-refractivity contribution < 1.29 is 13.2 Å². The van der Waals surface area contributed by atoms with Crippen LogP contribution in [0, 0.1) is 6.92 Å². The molecule has 0 spiro atoms. The Morgan fingerprint density at radius 1 is 0.852 bits per heavy atom. The molecule has 0 aliphatic heterocycles. The van der Waals surface area contributed by atoms with E-state index in [1.165, 1.54) is 18.2 Å². The average Bonchev–Trinajstić information content (AvgIpc) is 2.68. The van der Waals surface area contributed by atoms with E-state index in [-0.39, 0.29) is 16.4 Å². The number of hydrogen-bond acceptors (Lipinski definition) is 3. The lowest BCUT2D eigenvalue weighted by Gasteiger charge is -2.11. The maximum atomic E-state index is 12.7. The number of rotatable bonds is 6. The number of hydrogen-bond donors (Lipinski definition) is 1. The monoisotopic (exact) mass is 377 g/mol. The average molecular weight is 377 g/mol. The van der Waals surface area contributed by atoms with Crippen LogP contribution < -0.4 is 4.72 Å². The molecule has 0 aromatic heterocycles. The molecule has 0 amide bonds. The van der Waals surface area contributed by atoms with E-state index in [4.69, 9.17) is 0 Å². The van der Waals surface area contributed by atoms with E-state index in [0.29, 0.717) is 5.56 Å². The predicted octanol–water partition coefficient (Wildman–Crippen LogP) is 4.69. The number of carbonyl (C=O) groups excluding carboxylic acids is 1. The van der Waals surface area contributed by atoms with E-state index in [2.05, 4.69) is 4.72 Å². The molecule has 0 radical (unpaired) electrons. The van der Waals surface area contributed by atoms with Crippen LogP contribution in [0.3, 0.4) is 0 Å². The summed E-state index contributed by atoms with van der Waals surface area (Å²) < 4.78 is 27.6. The number of sulfonamides is 1. The zero-order chi connectivity index (χ0) is 19.3. The second-order valence-corrected chi connectivity index (χ2v) is 7.70. The molecule has 5 heteroatoms. The summed E-state index contributed by atoms with van der Waals surface area (Å²) in [6, 6.07) is 22.3. The van der Waals surface area contributed by atoms with E-state index < -0.39 is 10.0 Å². The normalized spacial score (nSPS) is 11.4. The molecule has 0 aliphatic carbocycles. The molecule has 0 aliphatic rings. The summed E-state index contributed by atoms with van der Waals surface area (Å²) in [7, 11) is -3.77. The number of ketones is 1. The van der Waals surface area contributed by atoms with Crippen LogP contribution in [0.1, 0.15) is 21.5 Å². The SMILES string of the molecule is Cc1ccccc1C=CC(=O)c1ccccc1NS(=O)(=O)c1ccccc1. The number of anilines is 1. The molecule has 0 bridgehead atoms. The molecule has 27 heavy (non-hydrogen) atoms. The second kappa shape index (κ2) is 8.01. The van der Waals surface area contributed by atoms with E-state index in [9.17, 15) is 13.2 Å². The molecule has 3 aromatic rings. The van der Waals surface area contributed by atoms with Gasteiger partial charge < -0.3 is 0 Å². The maximum absolute atomic E-state index is 12.7. The van der Waals surface area contributed by atoms with Crippen LogP contribution in [0.2, 0.25) is 0 Å². The molecule has 136 valence electrons. The smallest absolute Gasteiger partial charge is 0.261 e. The Bertz CT molecular complexity index is 1090. The van der Waals surface area contributed by atoms with E-state index in [1.54, 1.807) is 48.5 Å². The largest absolute Gasteiger partial charge is 0.289 e. The third-order valence-corrected chi connectivity index (χ3v) is 5.47. The van der Waals surface area contributed by atoms with Crippen LogP contribution >= 0.6 is 0 Å². The highest BCUT2D eigenvalue weighted by Gasteiger charge is 2.17. The number of para-hydroxylation sites is 1. The van der Waals surface area contributed by atoms with Crippen molar-refractivity contribution >= 4 is 27.6 Å². The topological polar surface area (TPSA) is 63.2 Å². The highest BCUT2D eigenvalue weighted by Crippen LogP contribution is 2.21. The summed E-state index contributed by atoms with van der Waals surface area (Å²) in [5.41, 5.74) is 2.54. The van der Waals surface area contributed by atoms with Crippen LogP contribution in [0.15, 0.2) is 89.8 Å². The number of aryl methyl sites for hydroxylation is 1. The van der Waals surface area contributed by atoms with Crippen molar-refractivity contribution in [2.75, 3.05) is 4.72 Å². The van der Waals surface area contributed by atoms with Gasteiger partial charge in [-0.1, -0.05) is 60.7 Å². The number of nitrogens with one attached hydrogen (secondary N) is 1. The molecule has 4 nitrogen and oxygen atoms in total. The van der Waals surface area contributed by atoms with Crippen LogP contribution in [0.5, 0.6) is 0 Å². The Hall–Kier alpha value is -3.18. The number of benzene rings is 3. The van der Waals surface area contributed by atoms with Crippen molar-refractivity contribution in [3.8, 4) is 0 Å². The Balaban J connectivity index is 1.88. The van der Waals surface area contributed by atoms with Gasteiger partial charge in [-0.2, -0.15) is 0 Å². The lowest BCUT2D eigenvalue weighted by Crippen LogP contribution is -2.15.